The molecule has 0 spiro atoms. The van der Waals surface area contributed by atoms with Crippen LogP contribution in [-0.4, -0.2) is 22.4 Å². The highest BCUT2D eigenvalue weighted by Gasteiger charge is 2.10. The molecule has 1 amide bonds. The van der Waals surface area contributed by atoms with E-state index in [-0.39, 0.29) is 17.6 Å². The fraction of sp³-hybridized carbons (Fsp3) is 0.429. The van der Waals surface area contributed by atoms with Crippen molar-refractivity contribution in [2.75, 3.05) is 6.54 Å². The lowest BCUT2D eigenvalue weighted by atomic mass is 10.1. The summed E-state index contributed by atoms with van der Waals surface area (Å²) in [4.78, 5) is 28.4. The summed E-state index contributed by atoms with van der Waals surface area (Å²) >= 11 is 0. The maximum Gasteiger partial charge on any atom is 0.323 e. The van der Waals surface area contributed by atoms with Gasteiger partial charge in [-0.25, -0.2) is 4.79 Å². The summed E-state index contributed by atoms with van der Waals surface area (Å²) in [6.45, 7) is 2.53. The molecule has 6 heteroatoms. The molecule has 0 bridgehead atoms. The van der Waals surface area contributed by atoms with E-state index in [0.29, 0.717) is 13.0 Å². The van der Waals surface area contributed by atoms with Crippen molar-refractivity contribution in [2.24, 2.45) is 5.73 Å². The zero-order valence-corrected chi connectivity index (χ0v) is 11.5. The Balaban J connectivity index is 2.01. The molecule has 108 valence electrons. The van der Waals surface area contributed by atoms with Gasteiger partial charge in [-0.2, -0.15) is 0 Å². The van der Waals surface area contributed by atoms with Gasteiger partial charge in [-0.3, -0.25) is 4.79 Å². The standard InChI is InChI=1S/C14H20N4O2/c1-9(16-13(19)4-2-3-7-15)10-5-6-11-12(8-10)18-14(20)17-11/h5-6,8-9H,2-4,7,15H2,1H3,(H,16,19)(H2,17,18,20). The van der Waals surface area contributed by atoms with Crippen LogP contribution in [0.2, 0.25) is 0 Å². The van der Waals surface area contributed by atoms with Crippen molar-refractivity contribution in [3.8, 4) is 0 Å². The SMILES string of the molecule is CC(NC(=O)CCCCN)c1ccc2[nH]c(=O)[nH]c2c1. The number of nitrogens with two attached hydrogens (primary N) is 1. The lowest BCUT2D eigenvalue weighted by Gasteiger charge is -2.14. The maximum atomic E-state index is 11.8. The second-order valence-corrected chi connectivity index (χ2v) is 4.92. The first-order valence-electron chi connectivity index (χ1n) is 6.81. The molecule has 20 heavy (non-hydrogen) atoms. The first-order chi connectivity index (χ1) is 9.60. The third-order valence-electron chi connectivity index (χ3n) is 3.28. The Labute approximate surface area is 116 Å². The van der Waals surface area contributed by atoms with E-state index >= 15 is 0 Å². The number of nitrogens with one attached hydrogen (secondary N) is 3. The first-order valence-corrected chi connectivity index (χ1v) is 6.81. The number of amides is 1. The summed E-state index contributed by atoms with van der Waals surface area (Å²) in [5, 5.41) is 2.94. The molecule has 1 aromatic carbocycles. The van der Waals surface area contributed by atoms with Crippen molar-refractivity contribution in [3.05, 3.63) is 34.2 Å². The molecule has 1 unspecified atom stereocenters. The quantitative estimate of drug-likeness (QED) is 0.595. The fourth-order valence-corrected chi connectivity index (χ4v) is 2.15. The summed E-state index contributed by atoms with van der Waals surface area (Å²) in [7, 11) is 0. The lowest BCUT2D eigenvalue weighted by Crippen LogP contribution is -2.26. The van der Waals surface area contributed by atoms with Crippen molar-refractivity contribution in [3.63, 3.8) is 0 Å². The van der Waals surface area contributed by atoms with E-state index < -0.39 is 0 Å². The summed E-state index contributed by atoms with van der Waals surface area (Å²) in [6.07, 6.45) is 2.16. The van der Waals surface area contributed by atoms with E-state index in [1.165, 1.54) is 0 Å². The molecular weight excluding hydrogens is 256 g/mol. The topological polar surface area (TPSA) is 104 Å². The minimum Gasteiger partial charge on any atom is -0.350 e. The van der Waals surface area contributed by atoms with Crippen LogP contribution in [0.15, 0.2) is 23.0 Å². The molecule has 0 saturated carbocycles. The van der Waals surface area contributed by atoms with Gasteiger partial charge in [0.05, 0.1) is 17.1 Å². The van der Waals surface area contributed by atoms with Gasteiger partial charge in [-0.15, -0.1) is 0 Å². The van der Waals surface area contributed by atoms with E-state index in [1.807, 2.05) is 25.1 Å². The number of hydrogen-bond acceptors (Lipinski definition) is 3. The van der Waals surface area contributed by atoms with E-state index in [1.54, 1.807) is 0 Å². The van der Waals surface area contributed by atoms with Gasteiger partial charge in [0.2, 0.25) is 5.91 Å². The van der Waals surface area contributed by atoms with Crippen LogP contribution in [0.1, 0.15) is 37.8 Å². The molecule has 0 radical (unpaired) electrons. The molecule has 5 N–H and O–H groups in total. The van der Waals surface area contributed by atoms with Crippen LogP contribution >= 0.6 is 0 Å². The number of H-pyrrole nitrogens is 2. The monoisotopic (exact) mass is 276 g/mol. The fourth-order valence-electron chi connectivity index (χ4n) is 2.15. The van der Waals surface area contributed by atoms with Gasteiger partial charge in [0.15, 0.2) is 0 Å². The number of carbonyl (C=O) groups is 1. The summed E-state index contributed by atoms with van der Waals surface area (Å²) in [6, 6.07) is 5.51. The van der Waals surface area contributed by atoms with Gasteiger partial charge >= 0.3 is 5.69 Å². The third-order valence-corrected chi connectivity index (χ3v) is 3.28. The number of aromatic amines is 2. The van der Waals surface area contributed by atoms with Gasteiger partial charge < -0.3 is 21.0 Å². The highest BCUT2D eigenvalue weighted by atomic mass is 16.1. The molecule has 0 saturated heterocycles. The van der Waals surface area contributed by atoms with E-state index in [9.17, 15) is 9.59 Å². The normalized spacial score (nSPS) is 12.5. The highest BCUT2D eigenvalue weighted by Crippen LogP contribution is 2.17. The van der Waals surface area contributed by atoms with Gasteiger partial charge in [0, 0.05) is 6.42 Å². The largest absolute Gasteiger partial charge is 0.350 e. The molecule has 0 aliphatic carbocycles. The van der Waals surface area contributed by atoms with Crippen LogP contribution < -0.4 is 16.7 Å². The maximum absolute atomic E-state index is 11.8. The average molecular weight is 276 g/mol. The molecule has 2 rings (SSSR count). The predicted octanol–water partition coefficient (Wildman–Crippen LogP) is 1.16. The van der Waals surface area contributed by atoms with Crippen molar-refractivity contribution in [2.45, 2.75) is 32.2 Å². The summed E-state index contributed by atoms with van der Waals surface area (Å²) in [5.74, 6) is 0.0219. The van der Waals surface area contributed by atoms with E-state index in [2.05, 4.69) is 15.3 Å². The minimum absolute atomic E-state index is 0.0219. The number of unbranched alkanes of at least 4 members (excludes halogenated alkanes) is 1. The van der Waals surface area contributed by atoms with Crippen LogP contribution in [0.3, 0.4) is 0 Å². The number of hydrogen-bond donors (Lipinski definition) is 4. The van der Waals surface area contributed by atoms with Crippen LogP contribution in [0, 0.1) is 0 Å². The Bertz CT molecular complexity index is 644. The zero-order chi connectivity index (χ0) is 14.5. The second-order valence-electron chi connectivity index (χ2n) is 4.92. The van der Waals surface area contributed by atoms with Crippen molar-refractivity contribution >= 4 is 16.9 Å². The molecule has 1 aromatic heterocycles. The molecule has 0 fully saturated rings. The van der Waals surface area contributed by atoms with Crippen LogP contribution in [0.5, 0.6) is 0 Å². The minimum atomic E-state index is -0.226. The number of fused-ring (bicyclic) bond motifs is 1. The molecule has 1 atom stereocenters. The van der Waals surface area contributed by atoms with E-state index in [0.717, 1.165) is 29.4 Å². The molecule has 0 aliphatic rings. The Hall–Kier alpha value is -2.08. The Morgan fingerprint density at radius 1 is 1.30 bits per heavy atom. The van der Waals surface area contributed by atoms with Crippen LogP contribution in [0.4, 0.5) is 0 Å². The van der Waals surface area contributed by atoms with Crippen molar-refractivity contribution in [1.82, 2.24) is 15.3 Å². The molecule has 6 nitrogen and oxygen atoms in total. The predicted molar refractivity (Wildman–Crippen MR) is 78.4 cm³/mol. The number of carbonyl (C=O) groups excluding carboxylic acids is 1. The Morgan fingerprint density at radius 2 is 2.05 bits per heavy atom. The van der Waals surface area contributed by atoms with Gasteiger partial charge in [-0.1, -0.05) is 6.07 Å². The summed E-state index contributed by atoms with van der Waals surface area (Å²) < 4.78 is 0. The number of imidazole rings is 1. The average Bonchev–Trinajstić information content (AvgIpc) is 2.77. The van der Waals surface area contributed by atoms with Gasteiger partial charge in [-0.05, 0) is 44.0 Å². The zero-order valence-electron chi connectivity index (χ0n) is 11.5. The van der Waals surface area contributed by atoms with Crippen LogP contribution in [0.25, 0.3) is 11.0 Å². The van der Waals surface area contributed by atoms with Crippen molar-refractivity contribution in [1.29, 1.82) is 0 Å². The molecular formula is C14H20N4O2. The second kappa shape index (κ2) is 6.38. The van der Waals surface area contributed by atoms with E-state index in [4.69, 9.17) is 5.73 Å². The molecule has 0 aliphatic heterocycles. The Morgan fingerprint density at radius 3 is 2.80 bits per heavy atom. The summed E-state index contributed by atoms with van der Waals surface area (Å²) in [5.41, 5.74) is 7.64. The number of benzene rings is 1. The van der Waals surface area contributed by atoms with Gasteiger partial charge in [0.25, 0.3) is 0 Å². The highest BCUT2D eigenvalue weighted by molar-refractivity contribution is 5.77. The smallest absolute Gasteiger partial charge is 0.323 e. The van der Waals surface area contributed by atoms with Gasteiger partial charge in [0.1, 0.15) is 0 Å². The van der Waals surface area contributed by atoms with Crippen LogP contribution in [-0.2, 0) is 4.79 Å². The molecule has 2 aromatic rings. The first kappa shape index (κ1) is 14.3. The number of aromatic nitrogens is 2. The lowest BCUT2D eigenvalue weighted by molar-refractivity contribution is -0.121. The number of rotatable bonds is 6. The van der Waals surface area contributed by atoms with Crippen molar-refractivity contribution < 1.29 is 4.79 Å². The Kier molecular flexibility index (Phi) is 4.57. The molecule has 1 heterocycles. The third kappa shape index (κ3) is 3.48.